The Hall–Kier alpha value is -0.280. The van der Waals surface area contributed by atoms with Crippen LogP contribution in [0.2, 0.25) is 0 Å². The first-order chi connectivity index (χ1) is 11.8. The Labute approximate surface area is 159 Å². The summed E-state index contributed by atoms with van der Waals surface area (Å²) < 4.78 is 0. The molecule has 2 fully saturated rings. The lowest BCUT2D eigenvalue weighted by Gasteiger charge is -2.41. The number of hydrogen-bond donors (Lipinski definition) is 2. The van der Waals surface area contributed by atoms with Crippen molar-refractivity contribution in [3.8, 4) is 0 Å². The maximum absolute atomic E-state index is 12.3. The minimum Gasteiger partial charge on any atom is -0.393 e. The molecule has 2 nitrogen and oxygen atoms in total. The number of fused-ring (bicyclic) bond motifs is 1. The maximum atomic E-state index is 12.3. The van der Waals surface area contributed by atoms with E-state index in [-0.39, 0.29) is 17.4 Å². The number of rotatable bonds is 4. The van der Waals surface area contributed by atoms with Gasteiger partial charge in [0.25, 0.3) is 0 Å². The third kappa shape index (κ3) is 3.60. The first-order valence-electron chi connectivity index (χ1n) is 10.3. The topological polar surface area (TPSA) is 37.3 Å². The van der Waals surface area contributed by atoms with Crippen LogP contribution < -0.4 is 0 Å². The number of Topliss-reactive ketones (excluding diaryl/α,β-unsaturated/α-hetero) is 1. The van der Waals surface area contributed by atoms with Gasteiger partial charge < -0.3 is 5.11 Å². The summed E-state index contributed by atoms with van der Waals surface area (Å²) in [4.78, 5) is 12.3. The van der Waals surface area contributed by atoms with Crippen molar-refractivity contribution in [1.29, 1.82) is 0 Å². The van der Waals surface area contributed by atoms with E-state index in [1.165, 1.54) is 24.8 Å². The average molecular weight is 365 g/mol. The lowest BCUT2D eigenvalue weighted by molar-refractivity contribution is -0.124. The number of hydrogen-bond acceptors (Lipinski definition) is 3. The summed E-state index contributed by atoms with van der Waals surface area (Å²) in [6, 6.07) is 0. The molecule has 3 aliphatic rings. The summed E-state index contributed by atoms with van der Waals surface area (Å²) in [7, 11) is 0. The van der Waals surface area contributed by atoms with Crippen molar-refractivity contribution in [1.82, 2.24) is 0 Å². The van der Waals surface area contributed by atoms with Crippen LogP contribution in [0, 0.1) is 28.6 Å². The number of thiol groups is 1. The zero-order valence-corrected chi connectivity index (χ0v) is 17.2. The average Bonchev–Trinajstić information content (AvgIpc) is 2.79. The zero-order valence-electron chi connectivity index (χ0n) is 16.3. The van der Waals surface area contributed by atoms with Gasteiger partial charge in [0.1, 0.15) is 5.78 Å². The molecule has 0 spiro atoms. The van der Waals surface area contributed by atoms with Crippen molar-refractivity contribution >= 4 is 18.4 Å². The van der Waals surface area contributed by atoms with Gasteiger partial charge in [-0.15, -0.1) is 0 Å². The van der Waals surface area contributed by atoms with Crippen LogP contribution in [0.15, 0.2) is 11.6 Å². The van der Waals surface area contributed by atoms with Gasteiger partial charge in [0, 0.05) is 5.92 Å². The van der Waals surface area contributed by atoms with Crippen LogP contribution in [0.5, 0.6) is 0 Å². The SMILES string of the molecule is CC(=O)C1CCC(C2CC=C3CC(O)CCC3(C)CC2)C1(C)CCS. The smallest absolute Gasteiger partial charge is 0.133 e. The second-order valence-electron chi connectivity index (χ2n) is 9.55. The van der Waals surface area contributed by atoms with Crippen LogP contribution in [0.3, 0.4) is 0 Å². The minimum absolute atomic E-state index is 0.118. The van der Waals surface area contributed by atoms with Crippen LogP contribution >= 0.6 is 12.6 Å². The van der Waals surface area contributed by atoms with Gasteiger partial charge in [-0.25, -0.2) is 0 Å². The lowest BCUT2D eigenvalue weighted by atomic mass is 9.64. The standard InChI is InChI=1S/C22H36O2S/c1-15(23)19-6-7-20(22(19,3)12-13-25)16-4-5-17-14-18(24)9-11-21(17,2)10-8-16/h5,16,18-20,24-25H,4,6-14H2,1-3H3. The second-order valence-corrected chi connectivity index (χ2v) is 9.99. The van der Waals surface area contributed by atoms with E-state index in [2.05, 4.69) is 32.6 Å². The molecule has 0 aliphatic heterocycles. The van der Waals surface area contributed by atoms with Gasteiger partial charge in [0.2, 0.25) is 0 Å². The molecule has 0 aromatic heterocycles. The molecule has 0 aromatic rings. The van der Waals surface area contributed by atoms with E-state index in [0.717, 1.165) is 44.3 Å². The fourth-order valence-electron chi connectivity index (χ4n) is 6.45. The fourth-order valence-corrected chi connectivity index (χ4v) is 6.93. The Kier molecular flexibility index (Phi) is 5.75. The van der Waals surface area contributed by atoms with Crippen LogP contribution in [0.1, 0.15) is 78.6 Å². The third-order valence-electron chi connectivity index (χ3n) is 8.11. The number of carbonyl (C=O) groups is 1. The van der Waals surface area contributed by atoms with Crippen molar-refractivity contribution in [3.63, 3.8) is 0 Å². The van der Waals surface area contributed by atoms with Gasteiger partial charge in [-0.1, -0.05) is 25.5 Å². The number of carbonyl (C=O) groups excluding carboxylic acids is 1. The molecule has 6 unspecified atom stereocenters. The van der Waals surface area contributed by atoms with Crippen molar-refractivity contribution in [2.45, 2.75) is 84.7 Å². The van der Waals surface area contributed by atoms with Crippen LogP contribution in [-0.2, 0) is 4.79 Å². The second kappa shape index (κ2) is 7.38. The van der Waals surface area contributed by atoms with Gasteiger partial charge in [0.05, 0.1) is 6.10 Å². The molecular formula is C22H36O2S. The third-order valence-corrected chi connectivity index (χ3v) is 8.34. The number of aliphatic hydroxyl groups is 1. The van der Waals surface area contributed by atoms with Crippen molar-refractivity contribution in [3.05, 3.63) is 11.6 Å². The Morgan fingerprint density at radius 2 is 1.96 bits per heavy atom. The molecule has 0 amide bonds. The number of allylic oxidation sites excluding steroid dienone is 1. The van der Waals surface area contributed by atoms with E-state index in [1.54, 1.807) is 6.92 Å². The largest absolute Gasteiger partial charge is 0.393 e. The molecule has 0 saturated heterocycles. The molecular weight excluding hydrogens is 328 g/mol. The van der Waals surface area contributed by atoms with Gasteiger partial charge >= 0.3 is 0 Å². The van der Waals surface area contributed by atoms with E-state index in [0.29, 0.717) is 23.0 Å². The Morgan fingerprint density at radius 1 is 1.24 bits per heavy atom. The van der Waals surface area contributed by atoms with E-state index < -0.39 is 0 Å². The quantitative estimate of drug-likeness (QED) is 0.531. The predicted octanol–water partition coefficient (Wildman–Crippen LogP) is 5.21. The van der Waals surface area contributed by atoms with E-state index in [1.807, 2.05) is 0 Å². The summed E-state index contributed by atoms with van der Waals surface area (Å²) in [6.45, 7) is 6.56. The van der Waals surface area contributed by atoms with Crippen molar-refractivity contribution in [2.75, 3.05) is 5.75 Å². The highest BCUT2D eigenvalue weighted by Crippen LogP contribution is 2.57. The van der Waals surface area contributed by atoms with E-state index >= 15 is 0 Å². The van der Waals surface area contributed by atoms with E-state index in [9.17, 15) is 9.90 Å². The first-order valence-corrected chi connectivity index (χ1v) is 10.9. The van der Waals surface area contributed by atoms with Crippen LogP contribution in [-0.4, -0.2) is 22.7 Å². The molecule has 2 saturated carbocycles. The van der Waals surface area contributed by atoms with Crippen molar-refractivity contribution in [2.24, 2.45) is 28.6 Å². The molecule has 25 heavy (non-hydrogen) atoms. The monoisotopic (exact) mass is 364 g/mol. The minimum atomic E-state index is -0.140. The fraction of sp³-hybridized carbons (Fsp3) is 0.864. The summed E-state index contributed by atoms with van der Waals surface area (Å²) >= 11 is 4.52. The summed E-state index contributed by atoms with van der Waals surface area (Å²) in [5, 5.41) is 10.1. The highest BCUT2D eigenvalue weighted by atomic mass is 32.1. The maximum Gasteiger partial charge on any atom is 0.133 e. The van der Waals surface area contributed by atoms with Gasteiger partial charge in [-0.05, 0) is 93.1 Å². The molecule has 0 bridgehead atoms. The summed E-state index contributed by atoms with van der Waals surface area (Å²) in [6.07, 6.45) is 12.2. The highest BCUT2D eigenvalue weighted by molar-refractivity contribution is 7.80. The van der Waals surface area contributed by atoms with Crippen LogP contribution in [0.4, 0.5) is 0 Å². The Balaban J connectivity index is 1.81. The van der Waals surface area contributed by atoms with Crippen molar-refractivity contribution < 1.29 is 9.90 Å². The molecule has 3 rings (SSSR count). The molecule has 1 N–H and O–H groups in total. The van der Waals surface area contributed by atoms with Gasteiger partial charge in [-0.3, -0.25) is 4.79 Å². The molecule has 142 valence electrons. The molecule has 6 atom stereocenters. The van der Waals surface area contributed by atoms with E-state index in [4.69, 9.17) is 0 Å². The highest BCUT2D eigenvalue weighted by Gasteiger charge is 2.51. The van der Waals surface area contributed by atoms with Gasteiger partial charge in [0.15, 0.2) is 0 Å². The van der Waals surface area contributed by atoms with Crippen LogP contribution in [0.25, 0.3) is 0 Å². The molecule has 0 aromatic carbocycles. The predicted molar refractivity (Wildman–Crippen MR) is 107 cm³/mol. The van der Waals surface area contributed by atoms with Gasteiger partial charge in [-0.2, -0.15) is 12.6 Å². The Morgan fingerprint density at radius 3 is 2.64 bits per heavy atom. The summed E-state index contributed by atoms with van der Waals surface area (Å²) in [5.74, 6) is 2.79. The summed E-state index contributed by atoms with van der Waals surface area (Å²) in [5.41, 5.74) is 1.92. The molecule has 0 radical (unpaired) electrons. The normalized spacial score (nSPS) is 44.8. The first kappa shape index (κ1) is 19.5. The molecule has 0 heterocycles. The lowest BCUT2D eigenvalue weighted by Crippen LogP contribution is -2.36. The Bertz CT molecular complexity index is 542. The number of ketones is 1. The number of aliphatic hydroxyl groups excluding tert-OH is 1. The molecule has 3 heteroatoms. The molecule has 3 aliphatic carbocycles. The zero-order chi connectivity index (χ0) is 18.2.